The normalized spacial score (nSPS) is 23.9. The van der Waals surface area contributed by atoms with Gasteiger partial charge >= 0.3 is 0 Å². The Balaban J connectivity index is 0.00000280. The summed E-state index contributed by atoms with van der Waals surface area (Å²) in [6.07, 6.45) is 1.23. The highest BCUT2D eigenvalue weighted by atomic mass is 127. The molecule has 158 valence electrons. The van der Waals surface area contributed by atoms with Gasteiger partial charge in [-0.3, -0.25) is 9.89 Å². The van der Waals surface area contributed by atoms with E-state index in [2.05, 4.69) is 76.5 Å². The molecule has 0 radical (unpaired) electrons. The van der Waals surface area contributed by atoms with Crippen LogP contribution >= 0.6 is 35.7 Å². The Morgan fingerprint density at radius 2 is 1.93 bits per heavy atom. The molecule has 2 saturated heterocycles. The SMILES string of the molecule is CN=C(NCC(C)(C)c1ccccc1)NCC1(N2CCOCC2)CCSC1.I. The molecule has 1 atom stereocenters. The second-order valence-corrected chi connectivity index (χ2v) is 9.26. The Kier molecular flexibility index (Phi) is 9.37. The van der Waals surface area contributed by atoms with Gasteiger partial charge in [0, 0.05) is 49.9 Å². The lowest BCUT2D eigenvalue weighted by atomic mass is 9.85. The van der Waals surface area contributed by atoms with E-state index in [1.165, 1.54) is 23.5 Å². The summed E-state index contributed by atoms with van der Waals surface area (Å²) in [6.45, 7) is 10.1. The molecular weight excluding hydrogens is 483 g/mol. The van der Waals surface area contributed by atoms with Gasteiger partial charge in [-0.15, -0.1) is 24.0 Å². The molecule has 0 spiro atoms. The van der Waals surface area contributed by atoms with Crippen molar-refractivity contribution >= 4 is 41.7 Å². The van der Waals surface area contributed by atoms with E-state index in [0.717, 1.165) is 45.4 Å². The van der Waals surface area contributed by atoms with E-state index in [4.69, 9.17) is 4.74 Å². The van der Waals surface area contributed by atoms with Crippen LogP contribution in [-0.2, 0) is 10.2 Å². The lowest BCUT2D eigenvalue weighted by Gasteiger charge is -2.43. The molecule has 2 aliphatic rings. The van der Waals surface area contributed by atoms with Crippen LogP contribution in [0.4, 0.5) is 0 Å². The Labute approximate surface area is 191 Å². The molecule has 2 fully saturated rings. The molecule has 2 aliphatic heterocycles. The average molecular weight is 519 g/mol. The van der Waals surface area contributed by atoms with Crippen LogP contribution in [0.3, 0.4) is 0 Å². The smallest absolute Gasteiger partial charge is 0.191 e. The summed E-state index contributed by atoms with van der Waals surface area (Å²) in [5.41, 5.74) is 1.61. The van der Waals surface area contributed by atoms with Crippen molar-refractivity contribution in [3.63, 3.8) is 0 Å². The molecule has 0 aliphatic carbocycles. The van der Waals surface area contributed by atoms with Crippen molar-refractivity contribution in [3.05, 3.63) is 35.9 Å². The summed E-state index contributed by atoms with van der Waals surface area (Å²) in [6, 6.07) is 10.7. The summed E-state index contributed by atoms with van der Waals surface area (Å²) in [4.78, 5) is 7.10. The highest BCUT2D eigenvalue weighted by Crippen LogP contribution is 2.33. The fraction of sp³-hybridized carbons (Fsp3) is 0.667. The van der Waals surface area contributed by atoms with Gasteiger partial charge in [-0.2, -0.15) is 11.8 Å². The molecular formula is C21H35IN4OS. The average Bonchev–Trinajstić information content (AvgIpc) is 3.20. The summed E-state index contributed by atoms with van der Waals surface area (Å²) < 4.78 is 5.56. The molecule has 28 heavy (non-hydrogen) atoms. The first-order valence-corrected chi connectivity index (χ1v) is 11.1. The molecule has 0 saturated carbocycles. The minimum absolute atomic E-state index is 0. The van der Waals surface area contributed by atoms with Gasteiger partial charge < -0.3 is 15.4 Å². The number of aliphatic imine (C=N–C) groups is 1. The number of halogens is 1. The number of rotatable bonds is 6. The van der Waals surface area contributed by atoms with Crippen molar-refractivity contribution in [2.45, 2.75) is 31.2 Å². The van der Waals surface area contributed by atoms with Gasteiger partial charge in [0.05, 0.1) is 13.2 Å². The zero-order valence-corrected chi connectivity index (χ0v) is 20.5. The molecule has 1 unspecified atom stereocenters. The largest absolute Gasteiger partial charge is 0.379 e. The molecule has 1 aromatic rings. The maximum Gasteiger partial charge on any atom is 0.191 e. The third-order valence-electron chi connectivity index (χ3n) is 5.83. The fourth-order valence-electron chi connectivity index (χ4n) is 3.90. The first kappa shape index (κ1) is 23.8. The number of nitrogens with zero attached hydrogens (tertiary/aromatic N) is 2. The lowest BCUT2D eigenvalue weighted by Crippen LogP contribution is -2.60. The molecule has 5 nitrogen and oxygen atoms in total. The number of morpholine rings is 1. The number of nitrogens with one attached hydrogen (secondary N) is 2. The van der Waals surface area contributed by atoms with Gasteiger partial charge in [0.15, 0.2) is 5.96 Å². The van der Waals surface area contributed by atoms with Gasteiger partial charge in [-0.25, -0.2) is 0 Å². The topological polar surface area (TPSA) is 48.9 Å². The summed E-state index contributed by atoms with van der Waals surface area (Å²) in [5, 5.41) is 7.16. The number of thioether (sulfide) groups is 1. The number of hydrogen-bond donors (Lipinski definition) is 2. The summed E-state index contributed by atoms with van der Waals surface area (Å²) >= 11 is 2.07. The molecule has 2 N–H and O–H groups in total. The fourth-order valence-corrected chi connectivity index (χ4v) is 5.38. The van der Waals surface area contributed by atoms with E-state index in [1.54, 1.807) is 0 Å². The third-order valence-corrected chi connectivity index (χ3v) is 7.06. The Hall–Kier alpha value is -0.510. The molecule has 7 heteroatoms. The van der Waals surface area contributed by atoms with E-state index in [-0.39, 0.29) is 34.9 Å². The number of guanidine groups is 1. The first-order chi connectivity index (χ1) is 13.1. The molecule has 2 heterocycles. The van der Waals surface area contributed by atoms with E-state index < -0.39 is 0 Å². The van der Waals surface area contributed by atoms with Crippen molar-refractivity contribution < 1.29 is 4.74 Å². The molecule has 3 rings (SSSR count). The minimum atomic E-state index is 0. The predicted molar refractivity (Wildman–Crippen MR) is 131 cm³/mol. The third kappa shape index (κ3) is 6.00. The summed E-state index contributed by atoms with van der Waals surface area (Å²) in [5.74, 6) is 3.32. The predicted octanol–water partition coefficient (Wildman–Crippen LogP) is 2.96. The van der Waals surface area contributed by atoms with Crippen LogP contribution < -0.4 is 10.6 Å². The Bertz CT molecular complexity index is 614. The highest BCUT2D eigenvalue weighted by molar-refractivity contribution is 14.0. The second kappa shape index (κ2) is 11.0. The zero-order chi connectivity index (χ0) is 19.2. The highest BCUT2D eigenvalue weighted by Gasteiger charge is 2.40. The number of benzene rings is 1. The van der Waals surface area contributed by atoms with Crippen molar-refractivity contribution in [1.29, 1.82) is 0 Å². The lowest BCUT2D eigenvalue weighted by molar-refractivity contribution is -0.0120. The van der Waals surface area contributed by atoms with Crippen LogP contribution in [0.2, 0.25) is 0 Å². The minimum Gasteiger partial charge on any atom is -0.379 e. The monoisotopic (exact) mass is 518 g/mol. The molecule has 1 aromatic carbocycles. The standard InChI is InChI=1S/C21H34N4OS.HI/c1-20(2,18-7-5-4-6-8-18)15-23-19(22-3)24-16-21(9-14-27-17-21)25-10-12-26-13-11-25;/h4-8H,9-17H2,1-3H3,(H2,22,23,24);1H. The molecule has 0 amide bonds. The van der Waals surface area contributed by atoms with Crippen LogP contribution in [0.1, 0.15) is 25.8 Å². The van der Waals surface area contributed by atoms with Crippen LogP contribution in [0.5, 0.6) is 0 Å². The van der Waals surface area contributed by atoms with Gasteiger partial charge in [0.25, 0.3) is 0 Å². The van der Waals surface area contributed by atoms with Crippen LogP contribution in [-0.4, -0.2) is 74.3 Å². The first-order valence-electron chi connectivity index (χ1n) is 9.96. The van der Waals surface area contributed by atoms with Crippen LogP contribution in [0.15, 0.2) is 35.3 Å². The summed E-state index contributed by atoms with van der Waals surface area (Å²) in [7, 11) is 1.86. The molecule has 0 bridgehead atoms. The van der Waals surface area contributed by atoms with Gasteiger partial charge in [-0.1, -0.05) is 44.2 Å². The number of ether oxygens (including phenoxy) is 1. The van der Waals surface area contributed by atoms with Crippen molar-refractivity contribution in [2.24, 2.45) is 4.99 Å². The van der Waals surface area contributed by atoms with Crippen molar-refractivity contribution in [3.8, 4) is 0 Å². The van der Waals surface area contributed by atoms with Gasteiger partial charge in [0.2, 0.25) is 0 Å². The van der Waals surface area contributed by atoms with E-state index >= 15 is 0 Å². The van der Waals surface area contributed by atoms with Crippen molar-refractivity contribution in [1.82, 2.24) is 15.5 Å². The quantitative estimate of drug-likeness (QED) is 0.345. The second-order valence-electron chi connectivity index (χ2n) is 8.16. The maximum absolute atomic E-state index is 5.56. The van der Waals surface area contributed by atoms with E-state index in [1.807, 2.05) is 7.05 Å². The van der Waals surface area contributed by atoms with E-state index in [9.17, 15) is 0 Å². The van der Waals surface area contributed by atoms with Crippen molar-refractivity contribution in [2.75, 3.05) is 57.9 Å². The zero-order valence-electron chi connectivity index (χ0n) is 17.4. The molecule has 0 aromatic heterocycles. The van der Waals surface area contributed by atoms with Gasteiger partial charge in [0.1, 0.15) is 0 Å². The Morgan fingerprint density at radius 3 is 2.54 bits per heavy atom. The Morgan fingerprint density at radius 1 is 1.21 bits per heavy atom. The number of hydrogen-bond acceptors (Lipinski definition) is 4. The van der Waals surface area contributed by atoms with Crippen LogP contribution in [0, 0.1) is 0 Å². The maximum atomic E-state index is 5.56. The van der Waals surface area contributed by atoms with Gasteiger partial charge in [-0.05, 0) is 17.7 Å². The van der Waals surface area contributed by atoms with E-state index in [0.29, 0.717) is 0 Å². The van der Waals surface area contributed by atoms with Crippen LogP contribution in [0.25, 0.3) is 0 Å².